The monoisotopic (exact) mass is 239 g/mol. The molecule has 1 aromatic heterocycles. The Bertz CT molecular complexity index is 703. The summed E-state index contributed by atoms with van der Waals surface area (Å²) in [7, 11) is 1.61. The summed E-state index contributed by atoms with van der Waals surface area (Å²) in [6.45, 7) is 0. The van der Waals surface area contributed by atoms with Crippen LogP contribution in [-0.4, -0.2) is 16.7 Å². The van der Waals surface area contributed by atoms with Crippen molar-refractivity contribution in [3.63, 3.8) is 0 Å². The number of nitrogens with two attached hydrogens (primary N) is 1. The van der Waals surface area contributed by atoms with Gasteiger partial charge >= 0.3 is 0 Å². The number of imidazole rings is 1. The molecule has 0 unspecified atom stereocenters. The number of hydrogen-bond donors (Lipinski definition) is 1. The number of hydrogen-bond acceptors (Lipinski definition) is 3. The average Bonchev–Trinajstić information content (AvgIpc) is 2.83. The fourth-order valence-electron chi connectivity index (χ4n) is 2.01. The van der Waals surface area contributed by atoms with Gasteiger partial charge in [-0.25, -0.2) is 4.98 Å². The zero-order valence-corrected chi connectivity index (χ0v) is 10.00. The van der Waals surface area contributed by atoms with E-state index in [0.717, 1.165) is 16.7 Å². The van der Waals surface area contributed by atoms with Crippen molar-refractivity contribution in [3.05, 3.63) is 48.8 Å². The Morgan fingerprint density at radius 3 is 2.83 bits per heavy atom. The number of anilines is 1. The third kappa shape index (κ3) is 1.59. The number of aromatic nitrogens is 2. The van der Waals surface area contributed by atoms with Gasteiger partial charge in [0, 0.05) is 6.07 Å². The Morgan fingerprint density at radius 1 is 1.17 bits per heavy atom. The van der Waals surface area contributed by atoms with Crippen LogP contribution in [0.4, 0.5) is 5.69 Å². The summed E-state index contributed by atoms with van der Waals surface area (Å²) in [5, 5.41) is 0. The second-order valence-corrected chi connectivity index (χ2v) is 4.03. The summed E-state index contributed by atoms with van der Waals surface area (Å²) in [4.78, 5) is 4.36. The van der Waals surface area contributed by atoms with Crippen LogP contribution in [0.3, 0.4) is 0 Å². The highest BCUT2D eigenvalue weighted by molar-refractivity contribution is 5.77. The molecule has 0 aliphatic rings. The lowest BCUT2D eigenvalue weighted by Gasteiger charge is -2.08. The maximum Gasteiger partial charge on any atom is 0.143 e. The zero-order valence-electron chi connectivity index (χ0n) is 10.00. The topological polar surface area (TPSA) is 53.1 Å². The molecule has 0 fully saturated rings. The summed E-state index contributed by atoms with van der Waals surface area (Å²) in [6, 6.07) is 13.7. The molecule has 0 saturated heterocycles. The predicted molar refractivity (Wildman–Crippen MR) is 72.0 cm³/mol. The van der Waals surface area contributed by atoms with E-state index in [0.29, 0.717) is 11.4 Å². The lowest BCUT2D eigenvalue weighted by molar-refractivity contribution is 0.417. The van der Waals surface area contributed by atoms with E-state index in [4.69, 9.17) is 10.5 Å². The van der Waals surface area contributed by atoms with Gasteiger partial charge in [-0.3, -0.25) is 4.57 Å². The molecule has 0 saturated carbocycles. The number of fused-ring (bicyclic) bond motifs is 1. The Labute approximate surface area is 105 Å². The van der Waals surface area contributed by atoms with E-state index in [1.807, 2.05) is 47.0 Å². The van der Waals surface area contributed by atoms with Crippen molar-refractivity contribution in [1.82, 2.24) is 9.55 Å². The highest BCUT2D eigenvalue weighted by Crippen LogP contribution is 2.26. The average molecular weight is 239 g/mol. The highest BCUT2D eigenvalue weighted by atomic mass is 16.5. The minimum Gasteiger partial charge on any atom is -0.495 e. The van der Waals surface area contributed by atoms with Gasteiger partial charge in [-0.2, -0.15) is 0 Å². The van der Waals surface area contributed by atoms with Crippen molar-refractivity contribution < 1.29 is 4.74 Å². The molecular formula is C14H13N3O. The maximum atomic E-state index is 5.82. The fraction of sp³-hybridized carbons (Fsp3) is 0.0714. The number of rotatable bonds is 2. The molecule has 0 aliphatic carbocycles. The number of nitrogen functional groups attached to an aromatic ring is 1. The van der Waals surface area contributed by atoms with Crippen molar-refractivity contribution >= 4 is 16.7 Å². The smallest absolute Gasteiger partial charge is 0.143 e. The molecule has 0 radical (unpaired) electrons. The van der Waals surface area contributed by atoms with Crippen molar-refractivity contribution in [2.45, 2.75) is 0 Å². The summed E-state index contributed by atoms with van der Waals surface area (Å²) in [5.74, 6) is 0.672. The number of benzene rings is 2. The summed E-state index contributed by atoms with van der Waals surface area (Å²) >= 11 is 0. The van der Waals surface area contributed by atoms with E-state index < -0.39 is 0 Å². The standard InChI is InChI=1S/C14H13N3O/c1-18-14-8-10(6-7-11(14)15)17-9-16-12-4-2-3-5-13(12)17/h2-9H,15H2,1H3. The van der Waals surface area contributed by atoms with Crippen molar-refractivity contribution in [1.29, 1.82) is 0 Å². The Hall–Kier alpha value is -2.49. The van der Waals surface area contributed by atoms with Crippen LogP contribution in [0.5, 0.6) is 5.75 Å². The Morgan fingerprint density at radius 2 is 2.00 bits per heavy atom. The first kappa shape index (κ1) is 10.7. The molecule has 0 spiro atoms. The van der Waals surface area contributed by atoms with Crippen molar-refractivity contribution in [3.8, 4) is 11.4 Å². The summed E-state index contributed by atoms with van der Waals surface area (Å²) in [5.41, 5.74) is 9.45. The Balaban J connectivity index is 2.20. The van der Waals surface area contributed by atoms with Crippen LogP contribution in [-0.2, 0) is 0 Å². The molecule has 2 N–H and O–H groups in total. The lowest BCUT2D eigenvalue weighted by atomic mass is 10.2. The molecule has 4 nitrogen and oxygen atoms in total. The van der Waals surface area contributed by atoms with Crippen molar-refractivity contribution in [2.75, 3.05) is 12.8 Å². The van der Waals surface area contributed by atoms with E-state index in [-0.39, 0.29) is 0 Å². The zero-order chi connectivity index (χ0) is 12.5. The van der Waals surface area contributed by atoms with Crippen LogP contribution >= 0.6 is 0 Å². The highest BCUT2D eigenvalue weighted by Gasteiger charge is 2.06. The van der Waals surface area contributed by atoms with E-state index in [9.17, 15) is 0 Å². The molecule has 0 aliphatic heterocycles. The van der Waals surface area contributed by atoms with E-state index in [1.165, 1.54) is 0 Å². The molecule has 3 aromatic rings. The maximum absolute atomic E-state index is 5.82. The first-order valence-corrected chi connectivity index (χ1v) is 5.65. The van der Waals surface area contributed by atoms with Crippen LogP contribution in [0.15, 0.2) is 48.8 Å². The molecule has 1 heterocycles. The van der Waals surface area contributed by atoms with Crippen LogP contribution in [0.1, 0.15) is 0 Å². The minimum absolute atomic E-state index is 0.630. The van der Waals surface area contributed by atoms with E-state index in [2.05, 4.69) is 4.98 Å². The van der Waals surface area contributed by atoms with Crippen molar-refractivity contribution in [2.24, 2.45) is 0 Å². The molecular weight excluding hydrogens is 226 g/mol. The van der Waals surface area contributed by atoms with Gasteiger partial charge in [0.1, 0.15) is 12.1 Å². The second-order valence-electron chi connectivity index (χ2n) is 4.03. The first-order valence-electron chi connectivity index (χ1n) is 5.65. The largest absolute Gasteiger partial charge is 0.495 e. The SMILES string of the molecule is COc1cc(-n2cnc3ccccc32)ccc1N. The number of methoxy groups -OCH3 is 1. The van der Waals surface area contributed by atoms with Crippen LogP contribution in [0.25, 0.3) is 16.7 Å². The second kappa shape index (κ2) is 4.07. The van der Waals surface area contributed by atoms with Crippen LogP contribution in [0.2, 0.25) is 0 Å². The van der Waals surface area contributed by atoms with Crippen LogP contribution in [0, 0.1) is 0 Å². The number of ether oxygens (including phenoxy) is 1. The quantitative estimate of drug-likeness (QED) is 0.699. The molecule has 0 bridgehead atoms. The predicted octanol–water partition coefficient (Wildman–Crippen LogP) is 2.62. The van der Waals surface area contributed by atoms with Gasteiger partial charge < -0.3 is 10.5 Å². The van der Waals surface area contributed by atoms with Gasteiger partial charge in [0.05, 0.1) is 29.5 Å². The summed E-state index contributed by atoms with van der Waals surface area (Å²) in [6.07, 6.45) is 1.80. The first-order chi connectivity index (χ1) is 8.79. The van der Waals surface area contributed by atoms with E-state index in [1.54, 1.807) is 13.4 Å². The lowest BCUT2D eigenvalue weighted by Crippen LogP contribution is -1.96. The Kier molecular flexibility index (Phi) is 2.41. The minimum atomic E-state index is 0.630. The van der Waals surface area contributed by atoms with Gasteiger partial charge in [0.15, 0.2) is 0 Å². The molecule has 4 heteroatoms. The normalized spacial score (nSPS) is 10.7. The third-order valence-corrected chi connectivity index (χ3v) is 2.95. The number of nitrogens with zero attached hydrogens (tertiary/aromatic N) is 2. The molecule has 2 aromatic carbocycles. The van der Waals surface area contributed by atoms with Gasteiger partial charge in [-0.05, 0) is 24.3 Å². The van der Waals surface area contributed by atoms with Gasteiger partial charge in [-0.15, -0.1) is 0 Å². The number of para-hydroxylation sites is 2. The molecule has 0 amide bonds. The molecule has 18 heavy (non-hydrogen) atoms. The fourth-order valence-corrected chi connectivity index (χ4v) is 2.01. The van der Waals surface area contributed by atoms with Crippen LogP contribution < -0.4 is 10.5 Å². The van der Waals surface area contributed by atoms with Gasteiger partial charge in [0.25, 0.3) is 0 Å². The summed E-state index contributed by atoms with van der Waals surface area (Å²) < 4.78 is 7.25. The van der Waals surface area contributed by atoms with Gasteiger partial charge in [0.2, 0.25) is 0 Å². The molecule has 3 rings (SSSR count). The molecule has 0 atom stereocenters. The third-order valence-electron chi connectivity index (χ3n) is 2.95. The van der Waals surface area contributed by atoms with E-state index >= 15 is 0 Å². The van der Waals surface area contributed by atoms with Gasteiger partial charge in [-0.1, -0.05) is 12.1 Å². The molecule has 90 valence electrons.